The van der Waals surface area contributed by atoms with Crippen LogP contribution in [0.3, 0.4) is 0 Å². The predicted octanol–water partition coefficient (Wildman–Crippen LogP) is 4.42. The predicted molar refractivity (Wildman–Crippen MR) is 104 cm³/mol. The second kappa shape index (κ2) is 10.5. The molecule has 2 aromatic rings. The molecule has 3 rings (SSSR count). The Hall–Kier alpha value is -2.23. The maximum Gasteiger partial charge on any atom is 0.306 e. The minimum Gasteiger partial charge on any atom is -0.461 e. The van der Waals surface area contributed by atoms with Crippen molar-refractivity contribution in [3.8, 4) is 0 Å². The minimum atomic E-state index is -1.61. The van der Waals surface area contributed by atoms with E-state index in [9.17, 15) is 22.8 Å². The van der Waals surface area contributed by atoms with Gasteiger partial charge in [-0.25, -0.2) is 13.2 Å². The number of anilines is 1. The highest BCUT2D eigenvalue weighted by Crippen LogP contribution is 2.31. The summed E-state index contributed by atoms with van der Waals surface area (Å²) in [6, 6.07) is 5.88. The van der Waals surface area contributed by atoms with Crippen molar-refractivity contribution in [2.24, 2.45) is 0 Å². The smallest absolute Gasteiger partial charge is 0.306 e. The highest BCUT2D eigenvalue weighted by atomic mass is 35.5. The molecule has 1 heterocycles. The molecule has 1 aliphatic rings. The number of rotatable bonds is 5. The van der Waals surface area contributed by atoms with Crippen LogP contribution in [0.5, 0.6) is 0 Å². The van der Waals surface area contributed by atoms with E-state index in [1.807, 2.05) is 0 Å². The van der Waals surface area contributed by atoms with Crippen LogP contribution in [-0.2, 0) is 9.53 Å². The summed E-state index contributed by atoms with van der Waals surface area (Å²) in [4.78, 5) is 24.0. The number of aliphatic hydroxyl groups excluding tert-OH is 1. The molecule has 2 N–H and O–H groups in total. The van der Waals surface area contributed by atoms with Gasteiger partial charge in [-0.05, 0) is 24.6 Å². The second-order valence-electron chi connectivity index (χ2n) is 5.81. The van der Waals surface area contributed by atoms with Crippen LogP contribution in [0.4, 0.5) is 18.9 Å². The van der Waals surface area contributed by atoms with Gasteiger partial charge in [-0.2, -0.15) is 0 Å². The molecular weight excluding hydrogens is 431 g/mol. The first-order chi connectivity index (χ1) is 13.8. The Kier molecular flexibility index (Phi) is 8.36. The maximum atomic E-state index is 13.3. The molecule has 0 bridgehead atoms. The molecular formula is C19H17ClF3NO4S. The number of esters is 1. The van der Waals surface area contributed by atoms with Crippen LogP contribution >= 0.6 is 23.4 Å². The van der Waals surface area contributed by atoms with E-state index in [1.54, 1.807) is 0 Å². The summed E-state index contributed by atoms with van der Waals surface area (Å²) >= 11 is 7.47. The van der Waals surface area contributed by atoms with Gasteiger partial charge in [0.2, 0.25) is 0 Å². The SMILES string of the molecule is CO.O=C1CCC(CSc2cc(C(=O)Nc3cc(F)c(F)c(F)c3)ccc2Cl)O1. The number of cyclic esters (lactones) is 1. The number of hydrogen-bond acceptors (Lipinski definition) is 5. The molecule has 1 amide bonds. The van der Waals surface area contributed by atoms with Crippen LogP contribution in [-0.4, -0.2) is 35.9 Å². The third-order valence-corrected chi connectivity index (χ3v) is 5.46. The van der Waals surface area contributed by atoms with Gasteiger partial charge in [0, 0.05) is 47.6 Å². The van der Waals surface area contributed by atoms with Crippen molar-refractivity contribution in [3.63, 3.8) is 0 Å². The largest absolute Gasteiger partial charge is 0.461 e. The molecule has 1 fully saturated rings. The average Bonchev–Trinajstić information content (AvgIpc) is 3.12. The molecule has 156 valence electrons. The van der Waals surface area contributed by atoms with E-state index >= 15 is 0 Å². The Balaban J connectivity index is 0.00000145. The monoisotopic (exact) mass is 447 g/mol. The van der Waals surface area contributed by atoms with Crippen LogP contribution in [0.25, 0.3) is 0 Å². The fourth-order valence-electron chi connectivity index (χ4n) is 2.47. The maximum absolute atomic E-state index is 13.3. The third-order valence-electron chi connectivity index (χ3n) is 3.83. The standard InChI is InChI=1S/C18H13ClF3NO3S.CH4O/c19-12-3-1-9(5-15(12)27-8-11-2-4-16(24)26-11)18(25)23-10-6-13(20)17(22)14(21)7-10;1-2/h1,3,5-7,11H,2,4,8H2,(H,23,25);2H,1H3. The summed E-state index contributed by atoms with van der Waals surface area (Å²) in [5.74, 6) is -4.78. The molecule has 1 unspecified atom stereocenters. The second-order valence-corrected chi connectivity index (χ2v) is 7.28. The number of amides is 1. The zero-order valence-corrected chi connectivity index (χ0v) is 16.7. The lowest BCUT2D eigenvalue weighted by molar-refractivity contribution is -0.140. The van der Waals surface area contributed by atoms with Crippen LogP contribution in [0.1, 0.15) is 23.2 Å². The lowest BCUT2D eigenvalue weighted by atomic mass is 10.2. The number of halogens is 4. The van der Waals surface area contributed by atoms with E-state index in [0.29, 0.717) is 40.6 Å². The Labute approximate surface area is 174 Å². The van der Waals surface area contributed by atoms with Gasteiger partial charge in [-0.1, -0.05) is 11.6 Å². The topological polar surface area (TPSA) is 75.6 Å². The molecule has 0 aromatic heterocycles. The normalized spacial score (nSPS) is 15.4. The van der Waals surface area contributed by atoms with Gasteiger partial charge < -0.3 is 15.2 Å². The fourth-order valence-corrected chi connectivity index (χ4v) is 3.77. The van der Waals surface area contributed by atoms with Gasteiger partial charge in [0.15, 0.2) is 17.5 Å². The van der Waals surface area contributed by atoms with Crippen LogP contribution in [0.2, 0.25) is 5.02 Å². The van der Waals surface area contributed by atoms with Crippen LogP contribution < -0.4 is 5.32 Å². The number of carbonyl (C=O) groups excluding carboxylic acids is 2. The Morgan fingerprint density at radius 2 is 1.90 bits per heavy atom. The molecule has 2 aromatic carbocycles. The zero-order valence-electron chi connectivity index (χ0n) is 15.2. The summed E-state index contributed by atoms with van der Waals surface area (Å²) in [6.45, 7) is 0. The molecule has 5 nitrogen and oxygen atoms in total. The van der Waals surface area contributed by atoms with Gasteiger partial charge in [-0.15, -0.1) is 11.8 Å². The van der Waals surface area contributed by atoms with Gasteiger partial charge >= 0.3 is 5.97 Å². The lowest BCUT2D eigenvalue weighted by Gasteiger charge is -2.11. The van der Waals surface area contributed by atoms with E-state index in [4.69, 9.17) is 21.4 Å². The van der Waals surface area contributed by atoms with E-state index in [2.05, 4.69) is 5.32 Å². The van der Waals surface area contributed by atoms with Crippen molar-refractivity contribution in [1.82, 2.24) is 0 Å². The van der Waals surface area contributed by atoms with E-state index in [-0.39, 0.29) is 23.3 Å². The van der Waals surface area contributed by atoms with Crippen LogP contribution in [0.15, 0.2) is 35.2 Å². The number of benzene rings is 2. The van der Waals surface area contributed by atoms with Gasteiger partial charge in [0.05, 0.1) is 5.02 Å². The summed E-state index contributed by atoms with van der Waals surface area (Å²) in [5, 5.41) is 9.73. The van der Waals surface area contributed by atoms with Crippen molar-refractivity contribution in [1.29, 1.82) is 0 Å². The zero-order chi connectivity index (χ0) is 21.6. The molecule has 10 heteroatoms. The molecule has 0 saturated carbocycles. The average molecular weight is 448 g/mol. The molecule has 29 heavy (non-hydrogen) atoms. The van der Waals surface area contributed by atoms with E-state index in [1.165, 1.54) is 30.0 Å². The number of thioether (sulfide) groups is 1. The quantitative estimate of drug-likeness (QED) is 0.403. The van der Waals surface area contributed by atoms with Gasteiger partial charge in [0.1, 0.15) is 6.10 Å². The number of aliphatic hydroxyl groups is 1. The summed E-state index contributed by atoms with van der Waals surface area (Å²) in [7, 11) is 1.00. The first-order valence-electron chi connectivity index (χ1n) is 8.36. The van der Waals surface area contributed by atoms with E-state index in [0.717, 1.165) is 7.11 Å². The summed E-state index contributed by atoms with van der Waals surface area (Å²) in [6.07, 6.45) is 0.804. The molecule has 0 aliphatic carbocycles. The molecule has 1 saturated heterocycles. The van der Waals surface area contributed by atoms with Crippen molar-refractivity contribution in [2.45, 2.75) is 23.8 Å². The minimum absolute atomic E-state index is 0.204. The number of carbonyl (C=O) groups is 2. The lowest BCUT2D eigenvalue weighted by Crippen LogP contribution is -2.13. The van der Waals surface area contributed by atoms with Crippen molar-refractivity contribution in [2.75, 3.05) is 18.2 Å². The summed E-state index contributed by atoms with van der Waals surface area (Å²) in [5.41, 5.74) is -0.00567. The first kappa shape index (κ1) is 23.1. The van der Waals surface area contributed by atoms with Gasteiger partial charge in [0.25, 0.3) is 5.91 Å². The molecule has 0 spiro atoms. The highest BCUT2D eigenvalue weighted by molar-refractivity contribution is 7.99. The summed E-state index contributed by atoms with van der Waals surface area (Å²) < 4.78 is 44.6. The highest BCUT2D eigenvalue weighted by Gasteiger charge is 2.23. The molecule has 1 atom stereocenters. The van der Waals surface area contributed by atoms with Crippen molar-refractivity contribution in [3.05, 3.63) is 58.4 Å². The number of ether oxygens (including phenoxy) is 1. The van der Waals surface area contributed by atoms with Crippen molar-refractivity contribution >= 4 is 40.9 Å². The Bertz CT molecular complexity index is 890. The Morgan fingerprint density at radius 3 is 2.48 bits per heavy atom. The third kappa shape index (κ3) is 6.12. The fraction of sp³-hybridized carbons (Fsp3) is 0.263. The molecule has 1 aliphatic heterocycles. The van der Waals surface area contributed by atoms with Gasteiger partial charge in [-0.3, -0.25) is 9.59 Å². The van der Waals surface area contributed by atoms with Crippen molar-refractivity contribution < 1.29 is 32.6 Å². The first-order valence-corrected chi connectivity index (χ1v) is 9.72. The van der Waals surface area contributed by atoms with Crippen LogP contribution in [0, 0.1) is 17.5 Å². The van der Waals surface area contributed by atoms with E-state index < -0.39 is 23.4 Å². The number of nitrogens with one attached hydrogen (secondary N) is 1. The Morgan fingerprint density at radius 1 is 1.24 bits per heavy atom. The number of hydrogen-bond donors (Lipinski definition) is 2. The molecule has 0 radical (unpaired) electrons.